The van der Waals surface area contributed by atoms with E-state index in [0.717, 1.165) is 23.1 Å². The summed E-state index contributed by atoms with van der Waals surface area (Å²) in [6, 6.07) is 8.89. The smallest absolute Gasteiger partial charge is 0.167 e. The van der Waals surface area contributed by atoms with Gasteiger partial charge in [0, 0.05) is 29.3 Å². The highest BCUT2D eigenvalue weighted by atomic mass is 35.5. The fraction of sp³-hybridized carbons (Fsp3) is 0.0714. The van der Waals surface area contributed by atoms with Crippen LogP contribution in [0.2, 0.25) is 5.02 Å². The van der Waals surface area contributed by atoms with Gasteiger partial charge in [-0.3, -0.25) is 9.78 Å². The molecule has 5 heteroatoms. The normalized spacial score (nSPS) is 10.8. The van der Waals surface area contributed by atoms with Gasteiger partial charge in [0.2, 0.25) is 0 Å². The molecule has 1 aromatic carbocycles. The van der Waals surface area contributed by atoms with E-state index in [1.54, 1.807) is 24.4 Å². The first-order valence-electron chi connectivity index (χ1n) is 5.70. The molecular weight excluding hydrogens is 264 g/mol. The molecular formula is C14H9ClN2O2. The van der Waals surface area contributed by atoms with Crippen LogP contribution in [-0.4, -0.2) is 16.4 Å². The molecule has 0 amide bonds. The Bertz CT molecular complexity index is 735. The highest BCUT2D eigenvalue weighted by Crippen LogP contribution is 2.21. The largest absolute Gasteiger partial charge is 0.356 e. The topological polar surface area (TPSA) is 56.0 Å². The van der Waals surface area contributed by atoms with E-state index in [2.05, 4.69) is 10.1 Å². The minimum Gasteiger partial charge on any atom is -0.356 e. The number of rotatable bonds is 3. The van der Waals surface area contributed by atoms with E-state index in [-0.39, 0.29) is 0 Å². The second-order valence-electron chi connectivity index (χ2n) is 4.15. The Hall–Kier alpha value is -2.20. The van der Waals surface area contributed by atoms with Crippen LogP contribution in [0.3, 0.4) is 0 Å². The molecule has 0 saturated heterocycles. The van der Waals surface area contributed by atoms with Crippen LogP contribution in [0.1, 0.15) is 21.7 Å². The number of pyridine rings is 1. The van der Waals surface area contributed by atoms with E-state index in [1.165, 1.54) is 0 Å². The van der Waals surface area contributed by atoms with Crippen molar-refractivity contribution in [2.45, 2.75) is 6.42 Å². The summed E-state index contributed by atoms with van der Waals surface area (Å²) in [5.74, 6) is 0. The van der Waals surface area contributed by atoms with Crippen LogP contribution in [0.4, 0.5) is 0 Å². The lowest BCUT2D eigenvalue weighted by molar-refractivity contribution is 0.112. The summed E-state index contributed by atoms with van der Waals surface area (Å²) < 4.78 is 5.22. The number of benzene rings is 1. The molecule has 0 saturated carbocycles. The second-order valence-corrected chi connectivity index (χ2v) is 4.58. The van der Waals surface area contributed by atoms with Crippen LogP contribution in [0.15, 0.2) is 41.1 Å². The van der Waals surface area contributed by atoms with Crippen LogP contribution in [0.5, 0.6) is 0 Å². The van der Waals surface area contributed by atoms with Crippen LogP contribution in [0.25, 0.3) is 11.0 Å². The van der Waals surface area contributed by atoms with Crippen molar-refractivity contribution >= 4 is 28.9 Å². The molecule has 0 N–H and O–H groups in total. The fourth-order valence-corrected chi connectivity index (χ4v) is 2.00. The van der Waals surface area contributed by atoms with Gasteiger partial charge >= 0.3 is 0 Å². The van der Waals surface area contributed by atoms with Gasteiger partial charge in [-0.05, 0) is 24.3 Å². The molecule has 2 aromatic heterocycles. The number of carbonyl (C=O) groups excluding carboxylic acids is 1. The number of nitrogens with zero attached hydrogens (tertiary/aromatic N) is 2. The van der Waals surface area contributed by atoms with Crippen LogP contribution in [0, 0.1) is 0 Å². The molecule has 0 aliphatic carbocycles. The van der Waals surface area contributed by atoms with Gasteiger partial charge in [0.25, 0.3) is 0 Å². The number of carbonyl (C=O) groups is 1. The molecule has 0 fully saturated rings. The lowest BCUT2D eigenvalue weighted by atomic mass is 10.1. The Morgan fingerprint density at radius 1 is 1.26 bits per heavy atom. The molecule has 0 unspecified atom stereocenters. The Morgan fingerprint density at radius 3 is 2.89 bits per heavy atom. The average Bonchev–Trinajstić information content (AvgIpc) is 2.83. The van der Waals surface area contributed by atoms with E-state index in [1.807, 2.05) is 12.1 Å². The molecule has 4 nitrogen and oxygen atoms in total. The molecule has 0 radical (unpaired) electrons. The maximum atomic E-state index is 10.7. The van der Waals surface area contributed by atoms with E-state index in [9.17, 15) is 4.79 Å². The Morgan fingerprint density at radius 2 is 2.16 bits per heavy atom. The number of hydrogen-bond acceptors (Lipinski definition) is 4. The van der Waals surface area contributed by atoms with E-state index < -0.39 is 0 Å². The molecule has 94 valence electrons. The molecule has 3 aromatic rings. The highest BCUT2D eigenvalue weighted by Gasteiger charge is 2.10. The van der Waals surface area contributed by atoms with Gasteiger partial charge in [0.05, 0.1) is 10.7 Å². The lowest BCUT2D eigenvalue weighted by Gasteiger charge is -1.97. The summed E-state index contributed by atoms with van der Waals surface area (Å²) in [6.07, 6.45) is 2.94. The van der Waals surface area contributed by atoms with Crippen LogP contribution in [-0.2, 0) is 6.42 Å². The molecule has 0 spiro atoms. The first-order chi connectivity index (χ1) is 9.26. The Kier molecular flexibility index (Phi) is 3.01. The summed E-state index contributed by atoms with van der Waals surface area (Å²) in [5.41, 5.74) is 2.83. The van der Waals surface area contributed by atoms with Crippen molar-refractivity contribution < 1.29 is 9.32 Å². The third-order valence-electron chi connectivity index (χ3n) is 2.84. The summed E-state index contributed by atoms with van der Waals surface area (Å²) >= 11 is 5.79. The van der Waals surface area contributed by atoms with Crippen molar-refractivity contribution in [1.29, 1.82) is 0 Å². The van der Waals surface area contributed by atoms with Gasteiger partial charge < -0.3 is 4.52 Å². The Balaban J connectivity index is 1.97. The first kappa shape index (κ1) is 11.9. The predicted molar refractivity (Wildman–Crippen MR) is 71.4 cm³/mol. The van der Waals surface area contributed by atoms with Crippen molar-refractivity contribution in [1.82, 2.24) is 10.1 Å². The van der Waals surface area contributed by atoms with Crippen molar-refractivity contribution in [3.8, 4) is 0 Å². The summed E-state index contributed by atoms with van der Waals surface area (Å²) in [5, 5.41) is 5.52. The van der Waals surface area contributed by atoms with Crippen molar-refractivity contribution in [3.05, 3.63) is 58.5 Å². The number of hydrogen-bond donors (Lipinski definition) is 0. The zero-order valence-corrected chi connectivity index (χ0v) is 10.6. The van der Waals surface area contributed by atoms with Crippen LogP contribution >= 0.6 is 11.6 Å². The summed E-state index contributed by atoms with van der Waals surface area (Å²) in [6.45, 7) is 0. The van der Waals surface area contributed by atoms with Gasteiger partial charge in [0.15, 0.2) is 5.58 Å². The molecule has 2 heterocycles. The first-order valence-corrected chi connectivity index (χ1v) is 6.08. The van der Waals surface area contributed by atoms with E-state index >= 15 is 0 Å². The van der Waals surface area contributed by atoms with Crippen molar-refractivity contribution in [2.75, 3.05) is 0 Å². The quantitative estimate of drug-likeness (QED) is 0.687. The molecule has 0 bridgehead atoms. The van der Waals surface area contributed by atoms with Crippen LogP contribution < -0.4 is 0 Å². The highest BCUT2D eigenvalue weighted by molar-refractivity contribution is 6.30. The van der Waals surface area contributed by atoms with Crippen molar-refractivity contribution in [2.24, 2.45) is 0 Å². The van der Waals surface area contributed by atoms with Gasteiger partial charge in [0.1, 0.15) is 6.29 Å². The monoisotopic (exact) mass is 272 g/mol. The minimum absolute atomic E-state index is 0.560. The standard InChI is InChI=1S/C14H9ClN2O2/c15-10-2-3-11(16-7-10)6-13-12-4-1-9(8-18)5-14(12)19-17-13/h1-5,7-8H,6H2. The zero-order valence-electron chi connectivity index (χ0n) is 9.84. The number of fused-ring (bicyclic) bond motifs is 1. The summed E-state index contributed by atoms with van der Waals surface area (Å²) in [7, 11) is 0. The maximum absolute atomic E-state index is 10.7. The van der Waals surface area contributed by atoms with E-state index in [4.69, 9.17) is 16.1 Å². The number of aldehydes is 1. The van der Waals surface area contributed by atoms with E-state index in [0.29, 0.717) is 22.6 Å². The number of aromatic nitrogens is 2. The lowest BCUT2D eigenvalue weighted by Crippen LogP contribution is -1.92. The molecule has 0 aliphatic rings. The third kappa shape index (κ3) is 2.35. The van der Waals surface area contributed by atoms with Gasteiger partial charge in [-0.25, -0.2) is 0 Å². The van der Waals surface area contributed by atoms with Gasteiger partial charge in [-0.1, -0.05) is 22.8 Å². The zero-order chi connectivity index (χ0) is 13.2. The maximum Gasteiger partial charge on any atom is 0.167 e. The summed E-state index contributed by atoms with van der Waals surface area (Å²) in [4.78, 5) is 14.9. The fourth-order valence-electron chi connectivity index (χ4n) is 1.89. The van der Waals surface area contributed by atoms with Crippen molar-refractivity contribution in [3.63, 3.8) is 0 Å². The van der Waals surface area contributed by atoms with Gasteiger partial charge in [-0.15, -0.1) is 0 Å². The minimum atomic E-state index is 0.560. The van der Waals surface area contributed by atoms with Gasteiger partial charge in [-0.2, -0.15) is 0 Å². The predicted octanol–water partition coefficient (Wildman–Crippen LogP) is 3.28. The third-order valence-corrected chi connectivity index (χ3v) is 3.07. The molecule has 0 atom stereocenters. The molecule has 3 rings (SSSR count). The SMILES string of the molecule is O=Cc1ccc2c(Cc3ccc(Cl)cn3)noc2c1. The number of halogens is 1. The average molecular weight is 273 g/mol. The Labute approximate surface area is 114 Å². The second kappa shape index (κ2) is 4.82. The molecule has 0 aliphatic heterocycles. The molecule has 19 heavy (non-hydrogen) atoms.